The third-order valence-corrected chi connectivity index (χ3v) is 2.64. The van der Waals surface area contributed by atoms with Gasteiger partial charge in [-0.15, -0.1) is 0 Å². The quantitative estimate of drug-likeness (QED) is 0.752. The van der Waals surface area contributed by atoms with E-state index >= 15 is 0 Å². The minimum absolute atomic E-state index is 0.0867. The predicted octanol–water partition coefficient (Wildman–Crippen LogP) is 2.26. The van der Waals surface area contributed by atoms with E-state index in [-0.39, 0.29) is 36.5 Å². The van der Waals surface area contributed by atoms with Gasteiger partial charge in [0.25, 0.3) is 0 Å². The Bertz CT molecular complexity index is 403. The van der Waals surface area contributed by atoms with Crippen LogP contribution in [0.2, 0.25) is 0 Å². The van der Waals surface area contributed by atoms with Crippen molar-refractivity contribution in [1.29, 1.82) is 0 Å². The fraction of sp³-hybridized carbons (Fsp3) is 0.600. The van der Waals surface area contributed by atoms with Crippen LogP contribution in [-0.4, -0.2) is 34.4 Å². The van der Waals surface area contributed by atoms with Gasteiger partial charge in [0.05, 0.1) is 0 Å². The first kappa shape index (κ1) is 15.8. The monoisotopic (exact) mass is 296 g/mol. The van der Waals surface area contributed by atoms with Crippen molar-refractivity contribution in [3.05, 3.63) is 11.9 Å². The number of ether oxygens (including phenoxy) is 1. The number of nitrogens with zero attached hydrogens (tertiary/aromatic N) is 2. The van der Waals surface area contributed by atoms with E-state index in [9.17, 15) is 13.2 Å². The Labute approximate surface area is 113 Å². The largest absolute Gasteiger partial charge is 0.441 e. The van der Waals surface area contributed by atoms with Crippen LogP contribution in [0, 0.1) is 0 Å². The molecule has 3 N–H and O–H groups in total. The molecule has 0 radical (unpaired) electrons. The van der Waals surface area contributed by atoms with Gasteiger partial charge in [-0.3, -0.25) is 0 Å². The second kappa shape index (κ2) is 7.39. The summed E-state index contributed by atoms with van der Waals surface area (Å²) >= 11 is -0.0867. The van der Waals surface area contributed by atoms with Crippen LogP contribution in [0.25, 0.3) is 0 Å². The highest BCUT2D eigenvalue weighted by molar-refractivity contribution is 8.00. The Morgan fingerprint density at radius 2 is 2.16 bits per heavy atom. The Balaban J connectivity index is 2.46. The first-order valence-corrected chi connectivity index (χ1v) is 6.55. The van der Waals surface area contributed by atoms with Crippen LogP contribution in [-0.2, 0) is 11.3 Å². The van der Waals surface area contributed by atoms with E-state index in [2.05, 4.69) is 15.3 Å². The van der Waals surface area contributed by atoms with Crippen molar-refractivity contribution < 1.29 is 17.9 Å². The standard InChI is InChI=1S/C10H15F3N4OS/c1-2-18-6-9-16-7(14)5-8(17-9)15-3-4-19-10(11,12)13/h5H,2-4,6H2,1H3,(H3,14,15,16,17). The molecule has 9 heteroatoms. The maximum absolute atomic E-state index is 11.9. The van der Waals surface area contributed by atoms with Crippen molar-refractivity contribution in [3.8, 4) is 0 Å². The van der Waals surface area contributed by atoms with Gasteiger partial charge in [-0.2, -0.15) is 13.2 Å². The molecular formula is C10H15F3N4OS. The van der Waals surface area contributed by atoms with Crippen LogP contribution in [0.3, 0.4) is 0 Å². The first-order chi connectivity index (χ1) is 8.90. The molecular weight excluding hydrogens is 281 g/mol. The molecule has 0 atom stereocenters. The molecule has 1 heterocycles. The van der Waals surface area contributed by atoms with Crippen molar-refractivity contribution >= 4 is 23.4 Å². The summed E-state index contributed by atoms with van der Waals surface area (Å²) < 4.78 is 40.9. The van der Waals surface area contributed by atoms with E-state index in [1.807, 2.05) is 6.92 Å². The third-order valence-electron chi connectivity index (χ3n) is 1.90. The number of anilines is 2. The van der Waals surface area contributed by atoms with Crippen molar-refractivity contribution in [2.45, 2.75) is 19.0 Å². The summed E-state index contributed by atoms with van der Waals surface area (Å²) in [6.45, 7) is 2.70. The van der Waals surface area contributed by atoms with Gasteiger partial charge in [-0.25, -0.2) is 9.97 Å². The average Bonchev–Trinajstić information content (AvgIpc) is 2.30. The normalized spacial score (nSPS) is 11.6. The lowest BCUT2D eigenvalue weighted by Crippen LogP contribution is -2.12. The van der Waals surface area contributed by atoms with Crippen LogP contribution >= 0.6 is 11.8 Å². The Hall–Kier alpha value is -1.22. The minimum atomic E-state index is -4.22. The molecule has 0 aliphatic heterocycles. The topological polar surface area (TPSA) is 73.1 Å². The highest BCUT2D eigenvalue weighted by atomic mass is 32.2. The lowest BCUT2D eigenvalue weighted by atomic mass is 10.5. The number of rotatable bonds is 7. The van der Waals surface area contributed by atoms with Crippen molar-refractivity contribution in [3.63, 3.8) is 0 Å². The molecule has 0 aliphatic carbocycles. The van der Waals surface area contributed by atoms with Gasteiger partial charge in [-0.05, 0) is 18.7 Å². The van der Waals surface area contributed by atoms with Gasteiger partial charge >= 0.3 is 5.51 Å². The summed E-state index contributed by atoms with van der Waals surface area (Å²) in [5.41, 5.74) is 1.36. The summed E-state index contributed by atoms with van der Waals surface area (Å²) in [6.07, 6.45) is 0. The minimum Gasteiger partial charge on any atom is -0.384 e. The SMILES string of the molecule is CCOCc1nc(N)cc(NCCSC(F)(F)F)n1. The second-order valence-electron chi connectivity index (χ2n) is 3.45. The zero-order valence-electron chi connectivity index (χ0n) is 10.3. The molecule has 0 saturated heterocycles. The summed E-state index contributed by atoms with van der Waals surface area (Å²) in [5.74, 6) is 0.933. The number of halogens is 3. The number of aromatic nitrogens is 2. The van der Waals surface area contributed by atoms with Gasteiger partial charge < -0.3 is 15.8 Å². The molecule has 1 aromatic heterocycles. The maximum Gasteiger partial charge on any atom is 0.441 e. The molecule has 0 unspecified atom stereocenters. The number of hydrogen-bond acceptors (Lipinski definition) is 6. The van der Waals surface area contributed by atoms with E-state index < -0.39 is 5.51 Å². The second-order valence-corrected chi connectivity index (χ2v) is 4.61. The number of nitrogens with one attached hydrogen (secondary N) is 1. The Morgan fingerprint density at radius 3 is 2.79 bits per heavy atom. The average molecular weight is 296 g/mol. The molecule has 0 aromatic carbocycles. The van der Waals surface area contributed by atoms with Crippen molar-refractivity contribution in [1.82, 2.24) is 9.97 Å². The number of alkyl halides is 3. The molecule has 0 amide bonds. The molecule has 0 fully saturated rings. The van der Waals surface area contributed by atoms with E-state index in [4.69, 9.17) is 10.5 Å². The highest BCUT2D eigenvalue weighted by Crippen LogP contribution is 2.29. The maximum atomic E-state index is 11.9. The Kier molecular flexibility index (Phi) is 6.16. The molecule has 108 valence electrons. The van der Waals surface area contributed by atoms with Gasteiger partial charge in [-0.1, -0.05) is 0 Å². The van der Waals surface area contributed by atoms with Crippen LogP contribution in [0.15, 0.2) is 6.07 Å². The summed E-state index contributed by atoms with van der Waals surface area (Å²) in [5, 5.41) is 2.77. The molecule has 19 heavy (non-hydrogen) atoms. The van der Waals surface area contributed by atoms with E-state index in [1.54, 1.807) is 0 Å². The van der Waals surface area contributed by atoms with Crippen LogP contribution in [0.1, 0.15) is 12.7 Å². The summed E-state index contributed by atoms with van der Waals surface area (Å²) in [4.78, 5) is 8.04. The van der Waals surface area contributed by atoms with Gasteiger partial charge in [0, 0.05) is 25.0 Å². The van der Waals surface area contributed by atoms with E-state index in [0.717, 1.165) is 0 Å². The number of thioether (sulfide) groups is 1. The zero-order chi connectivity index (χ0) is 14.3. The van der Waals surface area contributed by atoms with Crippen molar-refractivity contribution in [2.75, 3.05) is 30.0 Å². The molecule has 0 saturated carbocycles. The molecule has 1 aromatic rings. The molecule has 1 rings (SSSR count). The van der Waals surface area contributed by atoms with E-state index in [0.29, 0.717) is 18.2 Å². The van der Waals surface area contributed by atoms with E-state index in [1.165, 1.54) is 6.07 Å². The Morgan fingerprint density at radius 1 is 1.42 bits per heavy atom. The van der Waals surface area contributed by atoms with Gasteiger partial charge in [0.2, 0.25) is 0 Å². The van der Waals surface area contributed by atoms with Gasteiger partial charge in [0.1, 0.15) is 18.2 Å². The smallest absolute Gasteiger partial charge is 0.384 e. The number of nitrogen functional groups attached to an aromatic ring is 1. The van der Waals surface area contributed by atoms with Crippen LogP contribution in [0.4, 0.5) is 24.8 Å². The van der Waals surface area contributed by atoms with Crippen molar-refractivity contribution in [2.24, 2.45) is 0 Å². The predicted molar refractivity (Wildman–Crippen MR) is 68.8 cm³/mol. The summed E-state index contributed by atoms with van der Waals surface area (Å²) in [6, 6.07) is 1.47. The van der Waals surface area contributed by atoms with Crippen LogP contribution in [0.5, 0.6) is 0 Å². The number of hydrogen-bond donors (Lipinski definition) is 2. The fourth-order valence-corrected chi connectivity index (χ4v) is 1.65. The molecule has 0 bridgehead atoms. The fourth-order valence-electron chi connectivity index (χ4n) is 1.21. The molecule has 0 aliphatic rings. The first-order valence-electron chi connectivity index (χ1n) is 5.56. The lowest BCUT2D eigenvalue weighted by molar-refractivity contribution is -0.0327. The van der Waals surface area contributed by atoms with Crippen LogP contribution < -0.4 is 11.1 Å². The lowest BCUT2D eigenvalue weighted by Gasteiger charge is -2.09. The molecule has 5 nitrogen and oxygen atoms in total. The summed E-state index contributed by atoms with van der Waals surface area (Å²) in [7, 11) is 0. The zero-order valence-corrected chi connectivity index (χ0v) is 11.1. The highest BCUT2D eigenvalue weighted by Gasteiger charge is 2.27. The van der Waals surface area contributed by atoms with Gasteiger partial charge in [0.15, 0.2) is 5.82 Å². The molecule has 0 spiro atoms. The number of nitrogens with two attached hydrogens (primary N) is 1. The third kappa shape index (κ3) is 7.06.